The molecule has 1 aromatic rings. The Morgan fingerprint density at radius 1 is 1.58 bits per heavy atom. The zero-order valence-corrected chi connectivity index (χ0v) is 12.1. The standard InChI is InChI=1S/C12H21N3O3S/c1-9(12-4-3-5-18-12)15-19(16,17)11-6-10(7-13-2)14-8-11/h6,8-9,12-15H,3-5,7H2,1-2H3. The minimum Gasteiger partial charge on any atom is -0.377 e. The van der Waals surface area contributed by atoms with Gasteiger partial charge in [-0.05, 0) is 32.9 Å². The fraction of sp³-hybridized carbons (Fsp3) is 0.667. The highest BCUT2D eigenvalue weighted by Gasteiger charge is 2.27. The first-order valence-electron chi connectivity index (χ1n) is 6.49. The van der Waals surface area contributed by atoms with E-state index in [1.54, 1.807) is 6.07 Å². The Morgan fingerprint density at radius 3 is 3.00 bits per heavy atom. The van der Waals surface area contributed by atoms with Gasteiger partial charge in [-0.15, -0.1) is 0 Å². The summed E-state index contributed by atoms with van der Waals surface area (Å²) < 4.78 is 32.6. The molecule has 108 valence electrons. The largest absolute Gasteiger partial charge is 0.377 e. The lowest BCUT2D eigenvalue weighted by molar-refractivity contribution is 0.0902. The number of H-pyrrole nitrogens is 1. The molecule has 2 unspecified atom stereocenters. The van der Waals surface area contributed by atoms with E-state index in [1.165, 1.54) is 6.20 Å². The van der Waals surface area contributed by atoms with Gasteiger partial charge in [0, 0.05) is 31.1 Å². The molecule has 0 bridgehead atoms. The molecule has 0 aliphatic carbocycles. The third-order valence-corrected chi connectivity index (χ3v) is 4.80. The fourth-order valence-corrected chi connectivity index (χ4v) is 3.54. The van der Waals surface area contributed by atoms with E-state index in [-0.39, 0.29) is 17.0 Å². The molecule has 2 atom stereocenters. The number of hydrogen-bond donors (Lipinski definition) is 3. The first kappa shape index (κ1) is 14.5. The van der Waals surface area contributed by atoms with E-state index in [9.17, 15) is 8.42 Å². The normalized spacial score (nSPS) is 21.7. The summed E-state index contributed by atoms with van der Waals surface area (Å²) in [6.45, 7) is 3.17. The summed E-state index contributed by atoms with van der Waals surface area (Å²) in [5.41, 5.74) is 0.840. The second kappa shape index (κ2) is 6.04. The first-order valence-corrected chi connectivity index (χ1v) is 7.97. The highest BCUT2D eigenvalue weighted by molar-refractivity contribution is 7.89. The van der Waals surface area contributed by atoms with Crippen LogP contribution < -0.4 is 10.0 Å². The molecule has 0 amide bonds. The van der Waals surface area contributed by atoms with Crippen molar-refractivity contribution in [3.63, 3.8) is 0 Å². The lowest BCUT2D eigenvalue weighted by atomic mass is 10.1. The van der Waals surface area contributed by atoms with E-state index in [0.29, 0.717) is 13.2 Å². The minimum atomic E-state index is -3.48. The van der Waals surface area contributed by atoms with Crippen molar-refractivity contribution in [3.8, 4) is 0 Å². The van der Waals surface area contributed by atoms with Crippen molar-refractivity contribution in [2.45, 2.75) is 43.4 Å². The van der Waals surface area contributed by atoms with E-state index in [0.717, 1.165) is 18.5 Å². The second-order valence-corrected chi connectivity index (χ2v) is 6.57. The topological polar surface area (TPSA) is 83.2 Å². The van der Waals surface area contributed by atoms with Gasteiger partial charge in [0.25, 0.3) is 0 Å². The van der Waals surface area contributed by atoms with Crippen LogP contribution in [-0.4, -0.2) is 39.2 Å². The molecule has 2 heterocycles. The molecule has 3 N–H and O–H groups in total. The molecular weight excluding hydrogens is 266 g/mol. The van der Waals surface area contributed by atoms with Gasteiger partial charge in [0.05, 0.1) is 11.0 Å². The van der Waals surface area contributed by atoms with Gasteiger partial charge in [-0.3, -0.25) is 0 Å². The summed E-state index contributed by atoms with van der Waals surface area (Å²) in [7, 11) is -1.67. The summed E-state index contributed by atoms with van der Waals surface area (Å²) in [6, 6.07) is 1.43. The van der Waals surface area contributed by atoms with Crippen molar-refractivity contribution >= 4 is 10.0 Å². The molecule has 7 heteroatoms. The number of aromatic amines is 1. The van der Waals surface area contributed by atoms with Gasteiger partial charge in [0.1, 0.15) is 0 Å². The summed E-state index contributed by atoms with van der Waals surface area (Å²) in [6.07, 6.45) is 3.39. The van der Waals surface area contributed by atoms with Crippen LogP contribution in [0.2, 0.25) is 0 Å². The first-order chi connectivity index (χ1) is 9.03. The maximum atomic E-state index is 12.2. The highest BCUT2D eigenvalue weighted by Crippen LogP contribution is 2.18. The SMILES string of the molecule is CNCc1cc(S(=O)(=O)NC(C)C2CCCO2)c[nH]1. The Balaban J connectivity index is 2.03. The van der Waals surface area contributed by atoms with Gasteiger partial charge in [-0.25, -0.2) is 13.1 Å². The third kappa shape index (κ3) is 3.56. The molecule has 0 radical (unpaired) electrons. The van der Waals surface area contributed by atoms with Crippen molar-refractivity contribution in [2.24, 2.45) is 0 Å². The summed E-state index contributed by atoms with van der Waals surface area (Å²) in [5, 5.41) is 2.97. The van der Waals surface area contributed by atoms with E-state index < -0.39 is 10.0 Å². The number of hydrogen-bond acceptors (Lipinski definition) is 4. The monoisotopic (exact) mass is 287 g/mol. The van der Waals surface area contributed by atoms with Crippen LogP contribution in [-0.2, 0) is 21.3 Å². The maximum Gasteiger partial charge on any atom is 0.242 e. The van der Waals surface area contributed by atoms with Crippen LogP contribution in [0.25, 0.3) is 0 Å². The Kier molecular flexibility index (Phi) is 4.62. The Morgan fingerprint density at radius 2 is 2.37 bits per heavy atom. The van der Waals surface area contributed by atoms with E-state index in [1.807, 2.05) is 14.0 Å². The summed E-state index contributed by atoms with van der Waals surface area (Å²) in [4.78, 5) is 3.21. The van der Waals surface area contributed by atoms with Gasteiger partial charge in [-0.2, -0.15) is 0 Å². The predicted molar refractivity (Wildman–Crippen MR) is 72.3 cm³/mol. The fourth-order valence-electron chi connectivity index (χ4n) is 2.25. The molecule has 0 spiro atoms. The molecule has 1 aliphatic heterocycles. The van der Waals surface area contributed by atoms with Crippen LogP contribution in [0.15, 0.2) is 17.2 Å². The lowest BCUT2D eigenvalue weighted by Crippen LogP contribution is -2.40. The van der Waals surface area contributed by atoms with Crippen LogP contribution in [0.3, 0.4) is 0 Å². The number of sulfonamides is 1. The predicted octanol–water partition coefficient (Wildman–Crippen LogP) is 0.580. The van der Waals surface area contributed by atoms with Crippen molar-refractivity contribution in [3.05, 3.63) is 18.0 Å². The van der Waals surface area contributed by atoms with Crippen molar-refractivity contribution in [2.75, 3.05) is 13.7 Å². The Labute approximate surface area is 114 Å². The molecule has 6 nitrogen and oxygen atoms in total. The van der Waals surface area contributed by atoms with Gasteiger partial charge in [0.2, 0.25) is 10.0 Å². The van der Waals surface area contributed by atoms with Crippen molar-refractivity contribution in [1.82, 2.24) is 15.0 Å². The molecular formula is C12H21N3O3S. The van der Waals surface area contributed by atoms with Gasteiger partial charge in [-0.1, -0.05) is 0 Å². The van der Waals surface area contributed by atoms with Crippen LogP contribution in [0.5, 0.6) is 0 Å². The molecule has 1 aromatic heterocycles. The van der Waals surface area contributed by atoms with Gasteiger partial charge in [0.15, 0.2) is 0 Å². The minimum absolute atomic E-state index is 0.0227. The number of nitrogens with one attached hydrogen (secondary N) is 3. The average Bonchev–Trinajstić information content (AvgIpc) is 2.99. The molecule has 0 saturated carbocycles. The maximum absolute atomic E-state index is 12.2. The van der Waals surface area contributed by atoms with Crippen molar-refractivity contribution in [1.29, 1.82) is 0 Å². The molecule has 1 aliphatic rings. The van der Waals surface area contributed by atoms with Gasteiger partial charge >= 0.3 is 0 Å². The van der Waals surface area contributed by atoms with Crippen LogP contribution in [0.1, 0.15) is 25.5 Å². The molecule has 1 saturated heterocycles. The van der Waals surface area contributed by atoms with E-state index in [4.69, 9.17) is 4.74 Å². The summed E-state index contributed by atoms with van der Waals surface area (Å²) in [5.74, 6) is 0. The molecule has 19 heavy (non-hydrogen) atoms. The number of aromatic nitrogens is 1. The van der Waals surface area contributed by atoms with Crippen molar-refractivity contribution < 1.29 is 13.2 Å². The third-order valence-electron chi connectivity index (χ3n) is 3.26. The van der Waals surface area contributed by atoms with Crippen LogP contribution >= 0.6 is 0 Å². The number of ether oxygens (including phenoxy) is 1. The number of rotatable bonds is 6. The Hall–Kier alpha value is -0.890. The average molecular weight is 287 g/mol. The smallest absolute Gasteiger partial charge is 0.242 e. The van der Waals surface area contributed by atoms with Crippen LogP contribution in [0, 0.1) is 0 Å². The zero-order valence-electron chi connectivity index (χ0n) is 11.3. The summed E-state index contributed by atoms with van der Waals surface area (Å²) >= 11 is 0. The second-order valence-electron chi connectivity index (χ2n) is 4.85. The molecule has 2 rings (SSSR count). The zero-order chi connectivity index (χ0) is 13.9. The lowest BCUT2D eigenvalue weighted by Gasteiger charge is -2.19. The van der Waals surface area contributed by atoms with E-state index in [2.05, 4.69) is 15.0 Å². The molecule has 0 aromatic carbocycles. The molecule has 1 fully saturated rings. The van der Waals surface area contributed by atoms with Gasteiger partial charge < -0.3 is 15.0 Å². The van der Waals surface area contributed by atoms with E-state index >= 15 is 0 Å². The Bertz CT molecular complexity index is 506. The quantitative estimate of drug-likeness (QED) is 0.715. The highest BCUT2D eigenvalue weighted by atomic mass is 32.2. The van der Waals surface area contributed by atoms with Crippen LogP contribution in [0.4, 0.5) is 0 Å².